The normalized spacial score (nSPS) is 25.8. The van der Waals surface area contributed by atoms with Gasteiger partial charge in [-0.1, -0.05) is 93.1 Å². The Morgan fingerprint density at radius 3 is 2.40 bits per heavy atom. The topological polar surface area (TPSA) is 90.4 Å². The van der Waals surface area contributed by atoms with Crippen LogP contribution in [-0.4, -0.2) is 76.1 Å². The minimum absolute atomic E-state index is 0.0929. The van der Waals surface area contributed by atoms with Crippen LogP contribution >= 0.6 is 0 Å². The zero-order valence-corrected chi connectivity index (χ0v) is 27.3. The van der Waals surface area contributed by atoms with Gasteiger partial charge in [0, 0.05) is 25.3 Å². The van der Waals surface area contributed by atoms with Crippen LogP contribution in [-0.2, 0) is 25.7 Å². The summed E-state index contributed by atoms with van der Waals surface area (Å²) in [5.41, 5.74) is 0.467. The predicted molar refractivity (Wildman–Crippen MR) is 183 cm³/mol. The van der Waals surface area contributed by atoms with Crippen molar-refractivity contribution in [2.75, 3.05) is 24.6 Å². The quantitative estimate of drug-likeness (QED) is 0.256. The molecule has 2 bridgehead atoms. The van der Waals surface area contributed by atoms with Crippen LogP contribution < -0.4 is 4.90 Å². The maximum Gasteiger partial charge on any atom is 0.253 e. The highest BCUT2D eigenvalue weighted by atomic mass is 16.5. The summed E-state index contributed by atoms with van der Waals surface area (Å²) in [6, 6.07) is 21.9. The number of nitrogens with zero attached hydrogens (tertiary/aromatic N) is 3. The molecule has 246 valence electrons. The summed E-state index contributed by atoms with van der Waals surface area (Å²) in [6.07, 6.45) is 4.63. The first-order valence-electron chi connectivity index (χ1n) is 16.7. The Morgan fingerprint density at radius 1 is 1.02 bits per heavy atom. The van der Waals surface area contributed by atoms with Gasteiger partial charge in [0.2, 0.25) is 11.8 Å². The van der Waals surface area contributed by atoms with E-state index in [2.05, 4.69) is 13.2 Å². The first-order chi connectivity index (χ1) is 22.8. The van der Waals surface area contributed by atoms with E-state index < -0.39 is 35.6 Å². The number of carbonyl (C=O) groups excluding carboxylic acids is 3. The minimum Gasteiger partial charge on any atom is -0.394 e. The Balaban J connectivity index is 1.42. The van der Waals surface area contributed by atoms with Crippen molar-refractivity contribution >= 4 is 34.2 Å². The van der Waals surface area contributed by atoms with E-state index in [9.17, 15) is 14.7 Å². The molecule has 3 aromatic rings. The number of amides is 3. The molecule has 47 heavy (non-hydrogen) atoms. The van der Waals surface area contributed by atoms with Crippen LogP contribution in [0.3, 0.4) is 0 Å². The Kier molecular flexibility index (Phi) is 9.35. The van der Waals surface area contributed by atoms with E-state index in [1.54, 1.807) is 26.9 Å². The maximum absolute atomic E-state index is 15.1. The first kappa shape index (κ1) is 32.7. The molecule has 0 aliphatic carbocycles. The summed E-state index contributed by atoms with van der Waals surface area (Å²) < 4.78 is 6.78. The van der Waals surface area contributed by atoms with E-state index >= 15 is 4.79 Å². The monoisotopic (exact) mass is 635 g/mol. The Bertz CT molecular complexity index is 1660. The number of anilines is 1. The largest absolute Gasteiger partial charge is 0.394 e. The van der Waals surface area contributed by atoms with Gasteiger partial charge >= 0.3 is 0 Å². The fraction of sp³-hybridized carbons (Fsp3) is 0.410. The molecule has 3 saturated heterocycles. The Hall–Kier alpha value is -4.27. The second-order valence-corrected chi connectivity index (χ2v) is 13.2. The molecule has 1 N–H and O–H groups in total. The van der Waals surface area contributed by atoms with Gasteiger partial charge in [0.1, 0.15) is 11.6 Å². The molecule has 7 atom stereocenters. The van der Waals surface area contributed by atoms with E-state index in [0.29, 0.717) is 38.0 Å². The second kappa shape index (κ2) is 13.5. The average molecular weight is 636 g/mol. The highest BCUT2D eigenvalue weighted by Gasteiger charge is 2.75. The lowest BCUT2D eigenvalue weighted by Crippen LogP contribution is -2.60. The third-order valence-electron chi connectivity index (χ3n) is 10.6. The number of rotatable bonds is 13. The van der Waals surface area contributed by atoms with Crippen molar-refractivity contribution in [3.63, 3.8) is 0 Å². The summed E-state index contributed by atoms with van der Waals surface area (Å²) in [5.74, 6) is -2.44. The molecular formula is C39H45N3O5. The highest BCUT2D eigenvalue weighted by molar-refractivity contribution is 6.06. The molecule has 0 aromatic heterocycles. The van der Waals surface area contributed by atoms with Crippen molar-refractivity contribution in [3.05, 3.63) is 104 Å². The zero-order valence-electron chi connectivity index (χ0n) is 27.3. The maximum atomic E-state index is 15.1. The van der Waals surface area contributed by atoms with Gasteiger partial charge < -0.3 is 24.5 Å². The van der Waals surface area contributed by atoms with E-state index in [1.807, 2.05) is 86.6 Å². The summed E-state index contributed by atoms with van der Waals surface area (Å²) in [4.78, 5) is 49.3. The SMILES string of the molecule is C=CCN(Cc1ccccc1)C(=O)[C@@H]1[C@@H]2CCC3(O2)C(C(=O)N(CC=C)c2ccc4ccccc4c2)N([C@@H](CO)[C@@H](C)CC)C(=O)[C@H]13. The van der Waals surface area contributed by atoms with Gasteiger partial charge in [-0.3, -0.25) is 14.4 Å². The standard InChI is InChI=1S/C39H45N3O5/c1-5-21-40(24-27-13-9-8-10-14-27)36(44)33-32-19-20-39(47-32)34(33)37(45)42(31(25-43)26(4)7-3)35(39)38(46)41(22-6-2)30-18-17-28-15-11-12-16-29(28)23-30/h5-6,8-18,23,26,31-35,43H,1-2,7,19-22,24-25H2,3-4H3/t26-,31-,32-,33+,34-,35?,39?/m0/s1. The number of aliphatic hydroxyl groups is 1. The molecule has 0 saturated carbocycles. The van der Waals surface area contributed by atoms with Crippen LogP contribution in [0.15, 0.2) is 98.1 Å². The van der Waals surface area contributed by atoms with E-state index in [1.165, 1.54) is 0 Å². The van der Waals surface area contributed by atoms with E-state index in [-0.39, 0.29) is 36.8 Å². The van der Waals surface area contributed by atoms with Gasteiger partial charge in [-0.15, -0.1) is 13.2 Å². The van der Waals surface area contributed by atoms with Crippen LogP contribution in [0, 0.1) is 17.8 Å². The number of hydrogen-bond acceptors (Lipinski definition) is 5. The van der Waals surface area contributed by atoms with Crippen LogP contribution in [0.25, 0.3) is 10.8 Å². The first-order valence-corrected chi connectivity index (χ1v) is 16.7. The number of fused-ring (bicyclic) bond motifs is 2. The number of benzene rings is 3. The lowest BCUT2D eigenvalue weighted by molar-refractivity contribution is -0.148. The molecule has 8 nitrogen and oxygen atoms in total. The predicted octanol–water partition coefficient (Wildman–Crippen LogP) is 5.36. The number of aliphatic hydroxyl groups excluding tert-OH is 1. The Labute approximate surface area is 277 Å². The van der Waals surface area contributed by atoms with Gasteiger partial charge in [-0.2, -0.15) is 0 Å². The van der Waals surface area contributed by atoms with Crippen molar-refractivity contribution in [2.45, 2.75) is 63.4 Å². The molecule has 3 aromatic carbocycles. The van der Waals surface area contributed by atoms with Gasteiger partial charge in [0.15, 0.2) is 0 Å². The minimum atomic E-state index is -1.19. The van der Waals surface area contributed by atoms with E-state index in [4.69, 9.17) is 4.74 Å². The number of ether oxygens (including phenoxy) is 1. The second-order valence-electron chi connectivity index (χ2n) is 13.2. The molecule has 6 rings (SSSR count). The molecule has 0 radical (unpaired) electrons. The molecule has 3 amide bonds. The van der Waals surface area contributed by atoms with Gasteiger partial charge in [-0.05, 0) is 47.2 Å². The summed E-state index contributed by atoms with van der Waals surface area (Å²) >= 11 is 0. The molecule has 3 aliphatic heterocycles. The zero-order chi connectivity index (χ0) is 33.3. The third kappa shape index (κ3) is 5.57. The van der Waals surface area contributed by atoms with Crippen molar-refractivity contribution in [1.82, 2.24) is 9.80 Å². The molecule has 8 heteroatoms. The van der Waals surface area contributed by atoms with Crippen LogP contribution in [0.2, 0.25) is 0 Å². The summed E-state index contributed by atoms with van der Waals surface area (Å²) in [7, 11) is 0. The molecular weight excluding hydrogens is 590 g/mol. The number of likely N-dealkylation sites (tertiary alicyclic amines) is 1. The fourth-order valence-corrected chi connectivity index (χ4v) is 8.17. The van der Waals surface area contributed by atoms with Crippen LogP contribution in [0.4, 0.5) is 5.69 Å². The highest BCUT2D eigenvalue weighted by Crippen LogP contribution is 2.59. The number of hydrogen-bond donors (Lipinski definition) is 1. The molecule has 3 aliphatic rings. The molecule has 3 heterocycles. The van der Waals surface area contributed by atoms with Crippen LogP contribution in [0.5, 0.6) is 0 Å². The molecule has 2 unspecified atom stereocenters. The summed E-state index contributed by atoms with van der Waals surface area (Å²) in [6.45, 7) is 12.4. The van der Waals surface area contributed by atoms with Crippen molar-refractivity contribution in [2.24, 2.45) is 17.8 Å². The molecule has 3 fully saturated rings. The lowest BCUT2D eigenvalue weighted by atomic mass is 9.70. The average Bonchev–Trinajstić information content (AvgIpc) is 3.74. The summed E-state index contributed by atoms with van der Waals surface area (Å²) in [5, 5.41) is 12.8. The lowest BCUT2D eigenvalue weighted by Gasteiger charge is -2.41. The fourth-order valence-electron chi connectivity index (χ4n) is 8.17. The third-order valence-corrected chi connectivity index (χ3v) is 10.6. The van der Waals surface area contributed by atoms with Gasteiger partial charge in [0.25, 0.3) is 5.91 Å². The Morgan fingerprint density at radius 2 is 1.72 bits per heavy atom. The van der Waals surface area contributed by atoms with Gasteiger partial charge in [-0.25, -0.2) is 0 Å². The van der Waals surface area contributed by atoms with Crippen LogP contribution in [0.1, 0.15) is 38.7 Å². The number of carbonyl (C=O) groups is 3. The van der Waals surface area contributed by atoms with E-state index in [0.717, 1.165) is 16.3 Å². The van der Waals surface area contributed by atoms with Crippen molar-refractivity contribution < 1.29 is 24.2 Å². The van der Waals surface area contributed by atoms with Gasteiger partial charge in [0.05, 0.1) is 30.6 Å². The van der Waals surface area contributed by atoms with Crippen molar-refractivity contribution in [1.29, 1.82) is 0 Å². The van der Waals surface area contributed by atoms with Crippen molar-refractivity contribution in [3.8, 4) is 0 Å². The molecule has 1 spiro atoms. The smallest absolute Gasteiger partial charge is 0.253 e.